The van der Waals surface area contributed by atoms with Crippen molar-refractivity contribution in [3.8, 4) is 0 Å². The van der Waals surface area contributed by atoms with Crippen LogP contribution in [-0.2, 0) is 19.5 Å². The number of carbonyl (C=O) groups is 3. The van der Waals surface area contributed by atoms with E-state index < -0.39 is 27.9 Å². The number of carbonyl (C=O) groups excluding carboxylic acids is 3. The Hall–Kier alpha value is -2.76. The topological polar surface area (TPSA) is 119 Å². The maximum absolute atomic E-state index is 13.2. The fourth-order valence-corrected chi connectivity index (χ4v) is 6.49. The van der Waals surface area contributed by atoms with Gasteiger partial charge in [0, 0.05) is 18.7 Å². The predicted octanol–water partition coefficient (Wildman–Crippen LogP) is 4.23. The van der Waals surface area contributed by atoms with E-state index in [-0.39, 0.29) is 39.1 Å². The number of thiophene rings is 1. The van der Waals surface area contributed by atoms with Crippen LogP contribution in [0, 0.1) is 6.92 Å². The summed E-state index contributed by atoms with van der Waals surface area (Å²) in [4.78, 5) is 38.2. The van der Waals surface area contributed by atoms with Gasteiger partial charge in [0.05, 0.1) is 23.7 Å². The van der Waals surface area contributed by atoms with Crippen molar-refractivity contribution in [2.45, 2.75) is 51.3 Å². The highest BCUT2D eigenvalue weighted by molar-refractivity contribution is 7.89. The zero-order chi connectivity index (χ0) is 25.6. The minimum absolute atomic E-state index is 0.0345. The Bertz CT molecular complexity index is 1200. The third-order valence-corrected chi connectivity index (χ3v) is 8.70. The number of nitrogens with one attached hydrogen (secondary N) is 1. The second-order valence-electron chi connectivity index (χ2n) is 8.00. The number of anilines is 1. The number of esters is 2. The van der Waals surface area contributed by atoms with Crippen molar-refractivity contribution in [1.29, 1.82) is 0 Å². The molecule has 0 atom stereocenters. The maximum atomic E-state index is 13.2. The molecule has 1 aliphatic heterocycles. The smallest absolute Gasteiger partial charge is 0.348 e. The van der Waals surface area contributed by atoms with Crippen LogP contribution in [-0.4, -0.2) is 56.9 Å². The fraction of sp³-hybridized carbons (Fsp3) is 0.458. The van der Waals surface area contributed by atoms with Crippen molar-refractivity contribution < 1.29 is 32.3 Å². The molecule has 1 aliphatic rings. The van der Waals surface area contributed by atoms with Gasteiger partial charge in [-0.3, -0.25) is 4.79 Å². The standard InChI is InChI=1S/C24H30N2O7S2/c1-4-32-23(28)19-16(3)20(24(29)33-5-2)34-22(19)25-21(27)17-11-10-12-18(15-17)35(30,31)26-13-8-6-7-9-14-26/h10-12,15H,4-9,13-14H2,1-3H3,(H,25,27). The quantitative estimate of drug-likeness (QED) is 0.515. The highest BCUT2D eigenvalue weighted by atomic mass is 32.2. The van der Waals surface area contributed by atoms with Gasteiger partial charge in [0.15, 0.2) is 0 Å². The first-order valence-electron chi connectivity index (χ1n) is 11.6. The van der Waals surface area contributed by atoms with E-state index in [1.807, 2.05) is 0 Å². The van der Waals surface area contributed by atoms with Crippen molar-refractivity contribution in [3.63, 3.8) is 0 Å². The summed E-state index contributed by atoms with van der Waals surface area (Å²) in [5.41, 5.74) is 0.528. The summed E-state index contributed by atoms with van der Waals surface area (Å²) >= 11 is 0.912. The summed E-state index contributed by atoms with van der Waals surface area (Å²) in [6.45, 7) is 6.08. The van der Waals surface area contributed by atoms with Gasteiger partial charge < -0.3 is 14.8 Å². The van der Waals surface area contributed by atoms with Gasteiger partial charge in [-0.05, 0) is 57.4 Å². The van der Waals surface area contributed by atoms with E-state index in [1.165, 1.54) is 28.6 Å². The van der Waals surface area contributed by atoms with Crippen molar-refractivity contribution in [1.82, 2.24) is 4.31 Å². The highest BCUT2D eigenvalue weighted by Gasteiger charge is 2.29. The first-order valence-corrected chi connectivity index (χ1v) is 13.9. The first-order chi connectivity index (χ1) is 16.7. The van der Waals surface area contributed by atoms with Crippen molar-refractivity contribution in [2.24, 2.45) is 0 Å². The molecule has 0 saturated carbocycles. The number of benzene rings is 1. The van der Waals surface area contributed by atoms with Crippen LogP contribution in [0.2, 0.25) is 0 Å². The number of nitrogens with zero attached hydrogens (tertiary/aromatic N) is 1. The molecule has 1 N–H and O–H groups in total. The Kier molecular flexibility index (Phi) is 9.03. The summed E-state index contributed by atoms with van der Waals surface area (Å²) in [5, 5.41) is 2.79. The molecule has 1 aromatic carbocycles. The van der Waals surface area contributed by atoms with Crippen LogP contribution in [0.25, 0.3) is 0 Å². The maximum Gasteiger partial charge on any atom is 0.348 e. The SMILES string of the molecule is CCOC(=O)c1sc(NC(=O)c2cccc(S(=O)(=O)N3CCCCCC3)c2)c(C(=O)OCC)c1C. The molecule has 3 rings (SSSR count). The van der Waals surface area contributed by atoms with E-state index >= 15 is 0 Å². The van der Waals surface area contributed by atoms with Gasteiger partial charge in [0.2, 0.25) is 10.0 Å². The van der Waals surface area contributed by atoms with Crippen LogP contribution in [0.3, 0.4) is 0 Å². The molecule has 11 heteroatoms. The van der Waals surface area contributed by atoms with Crippen molar-refractivity contribution >= 4 is 44.2 Å². The van der Waals surface area contributed by atoms with Crippen LogP contribution < -0.4 is 5.32 Å². The third kappa shape index (κ3) is 6.09. The lowest BCUT2D eigenvalue weighted by Gasteiger charge is -2.20. The molecule has 1 fully saturated rings. The first kappa shape index (κ1) is 26.8. The Balaban J connectivity index is 1.91. The van der Waals surface area contributed by atoms with Gasteiger partial charge in [0.25, 0.3) is 5.91 Å². The second kappa shape index (κ2) is 11.8. The summed E-state index contributed by atoms with van der Waals surface area (Å²) in [7, 11) is -3.74. The number of hydrogen-bond donors (Lipinski definition) is 1. The average molecular weight is 523 g/mol. The molecule has 0 aliphatic carbocycles. The van der Waals surface area contributed by atoms with E-state index in [2.05, 4.69) is 5.32 Å². The molecule has 9 nitrogen and oxygen atoms in total. The summed E-state index contributed by atoms with van der Waals surface area (Å²) in [6, 6.07) is 5.80. The zero-order valence-electron chi connectivity index (χ0n) is 20.1. The summed E-state index contributed by atoms with van der Waals surface area (Å²) in [5.74, 6) is -1.89. The second-order valence-corrected chi connectivity index (χ2v) is 11.0. The van der Waals surface area contributed by atoms with Crippen LogP contribution in [0.1, 0.15) is 75.5 Å². The molecule has 1 amide bonds. The molecule has 1 saturated heterocycles. The summed E-state index contributed by atoms with van der Waals surface area (Å²) in [6.07, 6.45) is 3.59. The van der Waals surface area contributed by atoms with Gasteiger partial charge in [-0.25, -0.2) is 18.0 Å². The normalized spacial score (nSPS) is 14.7. The molecule has 0 bridgehead atoms. The van der Waals surface area contributed by atoms with Gasteiger partial charge in [0.1, 0.15) is 9.88 Å². The number of hydrogen-bond acceptors (Lipinski definition) is 8. The molecule has 2 aromatic rings. The Labute approximate surface area is 209 Å². The molecule has 0 spiro atoms. The van der Waals surface area contributed by atoms with Crippen molar-refractivity contribution in [2.75, 3.05) is 31.6 Å². The molecule has 0 radical (unpaired) electrons. The lowest BCUT2D eigenvalue weighted by atomic mass is 10.1. The van der Waals surface area contributed by atoms with Gasteiger partial charge in [-0.15, -0.1) is 11.3 Å². The fourth-order valence-electron chi connectivity index (χ4n) is 3.85. The van der Waals surface area contributed by atoms with Gasteiger partial charge in [-0.1, -0.05) is 18.9 Å². The average Bonchev–Trinajstić information content (AvgIpc) is 2.99. The predicted molar refractivity (Wildman–Crippen MR) is 133 cm³/mol. The molecule has 2 heterocycles. The van der Waals surface area contributed by atoms with Crippen LogP contribution in [0.5, 0.6) is 0 Å². The van der Waals surface area contributed by atoms with E-state index in [1.54, 1.807) is 20.8 Å². The number of ether oxygens (including phenoxy) is 2. The van der Waals surface area contributed by atoms with Crippen LogP contribution >= 0.6 is 11.3 Å². The van der Waals surface area contributed by atoms with Crippen LogP contribution in [0.15, 0.2) is 29.2 Å². The Morgan fingerprint density at radius 2 is 1.63 bits per heavy atom. The van der Waals surface area contributed by atoms with Crippen LogP contribution in [0.4, 0.5) is 5.00 Å². The van der Waals surface area contributed by atoms with E-state index in [9.17, 15) is 22.8 Å². The molecule has 35 heavy (non-hydrogen) atoms. The van der Waals surface area contributed by atoms with E-state index in [0.29, 0.717) is 18.7 Å². The van der Waals surface area contributed by atoms with E-state index in [0.717, 1.165) is 37.0 Å². The lowest BCUT2D eigenvalue weighted by Crippen LogP contribution is -2.32. The molecule has 0 unspecified atom stereocenters. The molecular weight excluding hydrogens is 492 g/mol. The largest absolute Gasteiger partial charge is 0.462 e. The van der Waals surface area contributed by atoms with Crippen molar-refractivity contribution in [3.05, 3.63) is 45.8 Å². The monoisotopic (exact) mass is 522 g/mol. The van der Waals surface area contributed by atoms with Gasteiger partial charge in [-0.2, -0.15) is 4.31 Å². The molecule has 1 aromatic heterocycles. The molecular formula is C24H30N2O7S2. The number of amides is 1. The third-order valence-electron chi connectivity index (χ3n) is 5.61. The Morgan fingerprint density at radius 3 is 2.26 bits per heavy atom. The lowest BCUT2D eigenvalue weighted by molar-refractivity contribution is 0.0527. The zero-order valence-corrected chi connectivity index (χ0v) is 21.7. The van der Waals surface area contributed by atoms with Gasteiger partial charge >= 0.3 is 11.9 Å². The number of sulfonamides is 1. The highest BCUT2D eigenvalue weighted by Crippen LogP contribution is 2.35. The number of rotatable bonds is 8. The minimum atomic E-state index is -3.74. The van der Waals surface area contributed by atoms with E-state index in [4.69, 9.17) is 9.47 Å². The minimum Gasteiger partial charge on any atom is -0.462 e. The molecule has 190 valence electrons. The Morgan fingerprint density at radius 1 is 1.00 bits per heavy atom. The summed E-state index contributed by atoms with van der Waals surface area (Å²) < 4.78 is 37.9.